The van der Waals surface area contributed by atoms with Gasteiger partial charge in [-0.25, -0.2) is 0 Å². The molecule has 0 spiro atoms. The molecule has 3 heteroatoms. The van der Waals surface area contributed by atoms with Gasteiger partial charge in [0.15, 0.2) is 0 Å². The maximum Gasteiger partial charge on any atom is 0.134 e. The highest BCUT2D eigenvalue weighted by atomic mass is 16.5. The van der Waals surface area contributed by atoms with Crippen LogP contribution in [0, 0.1) is 0 Å². The second kappa shape index (κ2) is 4.90. The van der Waals surface area contributed by atoms with Crippen molar-refractivity contribution in [2.24, 2.45) is 0 Å². The van der Waals surface area contributed by atoms with E-state index in [1.165, 1.54) is 18.2 Å². The lowest BCUT2D eigenvalue weighted by Crippen LogP contribution is -2.25. The van der Waals surface area contributed by atoms with Crippen molar-refractivity contribution in [3.63, 3.8) is 0 Å². The standard InChI is InChI=1S/C14H17NO2/c1-2-6-14-11(4-1)8-13(17-14)10-15-9-12-5-3-7-16-12/h1-2,4,6,8,12,15H,3,5,7,9-10H2. The number of hydrogen-bond donors (Lipinski definition) is 1. The van der Waals surface area contributed by atoms with Crippen molar-refractivity contribution in [2.45, 2.75) is 25.5 Å². The van der Waals surface area contributed by atoms with Crippen molar-refractivity contribution in [2.75, 3.05) is 13.2 Å². The van der Waals surface area contributed by atoms with Crippen LogP contribution in [0.25, 0.3) is 11.0 Å². The molecule has 1 atom stereocenters. The van der Waals surface area contributed by atoms with E-state index < -0.39 is 0 Å². The first-order chi connectivity index (χ1) is 8.42. The van der Waals surface area contributed by atoms with Crippen LogP contribution in [0.15, 0.2) is 34.7 Å². The van der Waals surface area contributed by atoms with Gasteiger partial charge in [-0.1, -0.05) is 18.2 Å². The first-order valence-electron chi connectivity index (χ1n) is 6.21. The Morgan fingerprint density at radius 3 is 3.06 bits per heavy atom. The summed E-state index contributed by atoms with van der Waals surface area (Å²) in [5, 5.41) is 4.55. The molecule has 1 aliphatic rings. The van der Waals surface area contributed by atoms with E-state index in [9.17, 15) is 0 Å². The van der Waals surface area contributed by atoms with E-state index in [0.717, 1.165) is 31.0 Å². The smallest absolute Gasteiger partial charge is 0.134 e. The number of benzene rings is 1. The molecule has 90 valence electrons. The van der Waals surface area contributed by atoms with E-state index in [1.807, 2.05) is 18.2 Å². The molecule has 0 bridgehead atoms. The van der Waals surface area contributed by atoms with Crippen LogP contribution in [0.4, 0.5) is 0 Å². The van der Waals surface area contributed by atoms with Crippen molar-refractivity contribution >= 4 is 11.0 Å². The van der Waals surface area contributed by atoms with Crippen LogP contribution >= 0.6 is 0 Å². The first kappa shape index (κ1) is 10.8. The maximum atomic E-state index is 5.73. The zero-order valence-corrected chi connectivity index (χ0v) is 9.82. The van der Waals surface area contributed by atoms with E-state index in [1.54, 1.807) is 0 Å². The summed E-state index contributed by atoms with van der Waals surface area (Å²) >= 11 is 0. The van der Waals surface area contributed by atoms with Crippen molar-refractivity contribution in [3.8, 4) is 0 Å². The molecule has 3 rings (SSSR count). The van der Waals surface area contributed by atoms with Crippen LogP contribution in [0.2, 0.25) is 0 Å². The predicted molar refractivity (Wildman–Crippen MR) is 66.9 cm³/mol. The molecular formula is C14H17NO2. The normalized spacial score (nSPS) is 20.1. The highest BCUT2D eigenvalue weighted by Crippen LogP contribution is 2.18. The molecule has 0 amide bonds. The van der Waals surface area contributed by atoms with Crippen LogP contribution in [0.3, 0.4) is 0 Å². The Morgan fingerprint density at radius 2 is 2.24 bits per heavy atom. The van der Waals surface area contributed by atoms with Crippen molar-refractivity contribution < 1.29 is 9.15 Å². The molecule has 17 heavy (non-hydrogen) atoms. The summed E-state index contributed by atoms with van der Waals surface area (Å²) in [5.41, 5.74) is 0.960. The van der Waals surface area contributed by atoms with Gasteiger partial charge in [0.2, 0.25) is 0 Å². The molecule has 0 aliphatic carbocycles. The Labute approximate surface area is 101 Å². The minimum absolute atomic E-state index is 0.388. The largest absolute Gasteiger partial charge is 0.460 e. The number of furan rings is 1. The van der Waals surface area contributed by atoms with Crippen molar-refractivity contribution in [3.05, 3.63) is 36.1 Å². The van der Waals surface area contributed by atoms with Crippen LogP contribution in [0.1, 0.15) is 18.6 Å². The Morgan fingerprint density at radius 1 is 1.29 bits per heavy atom. The maximum absolute atomic E-state index is 5.73. The Hall–Kier alpha value is -1.32. The molecule has 0 saturated carbocycles. The van der Waals surface area contributed by atoms with Gasteiger partial charge in [0, 0.05) is 18.5 Å². The summed E-state index contributed by atoms with van der Waals surface area (Å²) in [6.45, 7) is 2.60. The zero-order valence-electron chi connectivity index (χ0n) is 9.82. The lowest BCUT2D eigenvalue weighted by molar-refractivity contribution is 0.109. The molecular weight excluding hydrogens is 214 g/mol. The van der Waals surface area contributed by atoms with E-state index >= 15 is 0 Å². The summed E-state index contributed by atoms with van der Waals surface area (Å²) in [5.74, 6) is 0.990. The number of fused-ring (bicyclic) bond motifs is 1. The quantitative estimate of drug-likeness (QED) is 0.878. The third-order valence-corrected chi connectivity index (χ3v) is 3.17. The third-order valence-electron chi connectivity index (χ3n) is 3.17. The molecule has 2 heterocycles. The molecule has 1 saturated heterocycles. The van der Waals surface area contributed by atoms with Gasteiger partial charge in [-0.3, -0.25) is 0 Å². The molecule has 1 fully saturated rings. The fourth-order valence-electron chi connectivity index (χ4n) is 2.29. The minimum atomic E-state index is 0.388. The highest BCUT2D eigenvalue weighted by molar-refractivity contribution is 5.77. The average molecular weight is 231 g/mol. The van der Waals surface area contributed by atoms with Crippen molar-refractivity contribution in [1.29, 1.82) is 0 Å². The van der Waals surface area contributed by atoms with Gasteiger partial charge >= 0.3 is 0 Å². The van der Waals surface area contributed by atoms with E-state index in [2.05, 4.69) is 17.4 Å². The summed E-state index contributed by atoms with van der Waals surface area (Å²) in [4.78, 5) is 0. The Bertz CT molecular complexity index is 453. The number of rotatable bonds is 4. The molecule has 3 nitrogen and oxygen atoms in total. The summed E-state index contributed by atoms with van der Waals surface area (Å²) in [6.07, 6.45) is 2.75. The topological polar surface area (TPSA) is 34.4 Å². The molecule has 1 unspecified atom stereocenters. The number of hydrogen-bond acceptors (Lipinski definition) is 3. The molecule has 1 aliphatic heterocycles. The summed E-state index contributed by atoms with van der Waals surface area (Å²) in [7, 11) is 0. The van der Waals surface area contributed by atoms with Gasteiger partial charge in [0.1, 0.15) is 11.3 Å². The molecule has 1 aromatic carbocycles. The van der Waals surface area contributed by atoms with Crippen LogP contribution in [0.5, 0.6) is 0 Å². The fourth-order valence-corrected chi connectivity index (χ4v) is 2.29. The van der Waals surface area contributed by atoms with Gasteiger partial charge in [-0.15, -0.1) is 0 Å². The summed E-state index contributed by atoms with van der Waals surface area (Å²) < 4.78 is 11.3. The molecule has 0 radical (unpaired) electrons. The lowest BCUT2D eigenvalue weighted by Gasteiger charge is -2.09. The van der Waals surface area contributed by atoms with E-state index in [0.29, 0.717) is 6.10 Å². The average Bonchev–Trinajstić information content (AvgIpc) is 2.96. The Balaban J connectivity index is 1.57. The monoisotopic (exact) mass is 231 g/mol. The van der Waals surface area contributed by atoms with Crippen LogP contribution in [-0.4, -0.2) is 19.3 Å². The highest BCUT2D eigenvalue weighted by Gasteiger charge is 2.14. The SMILES string of the molecule is c1ccc2oc(CNCC3CCCO3)cc2c1. The first-order valence-corrected chi connectivity index (χ1v) is 6.21. The van der Waals surface area contributed by atoms with Gasteiger partial charge in [0.05, 0.1) is 12.6 Å². The van der Waals surface area contributed by atoms with E-state index in [4.69, 9.17) is 9.15 Å². The van der Waals surface area contributed by atoms with Crippen LogP contribution < -0.4 is 5.32 Å². The van der Waals surface area contributed by atoms with Gasteiger partial charge in [0.25, 0.3) is 0 Å². The molecule has 1 aromatic heterocycles. The second-order valence-electron chi connectivity index (χ2n) is 4.52. The number of nitrogens with one attached hydrogen (secondary N) is 1. The minimum Gasteiger partial charge on any atom is -0.460 e. The third kappa shape index (κ3) is 2.51. The lowest BCUT2D eigenvalue weighted by atomic mass is 10.2. The predicted octanol–water partition coefficient (Wildman–Crippen LogP) is 2.70. The summed E-state index contributed by atoms with van der Waals surface area (Å²) in [6, 6.07) is 10.2. The fraction of sp³-hybridized carbons (Fsp3) is 0.429. The number of ether oxygens (including phenoxy) is 1. The second-order valence-corrected chi connectivity index (χ2v) is 4.52. The van der Waals surface area contributed by atoms with Gasteiger partial charge < -0.3 is 14.5 Å². The Kier molecular flexibility index (Phi) is 3.12. The van der Waals surface area contributed by atoms with E-state index in [-0.39, 0.29) is 0 Å². The van der Waals surface area contributed by atoms with Crippen LogP contribution in [-0.2, 0) is 11.3 Å². The van der Waals surface area contributed by atoms with Gasteiger partial charge in [-0.05, 0) is 25.0 Å². The zero-order chi connectivity index (χ0) is 11.5. The molecule has 1 N–H and O–H groups in total. The van der Waals surface area contributed by atoms with Crippen molar-refractivity contribution in [1.82, 2.24) is 5.32 Å². The number of para-hydroxylation sites is 1. The molecule has 2 aromatic rings. The van der Waals surface area contributed by atoms with Gasteiger partial charge in [-0.2, -0.15) is 0 Å².